The molecular formula is C19H15ClN2O3. The Kier molecular flexibility index (Phi) is 4.04. The van der Waals surface area contributed by atoms with Crippen molar-refractivity contribution in [3.8, 4) is 6.07 Å². The van der Waals surface area contributed by atoms with Crippen LogP contribution < -0.4 is 5.32 Å². The number of dihydropyridines is 1. The van der Waals surface area contributed by atoms with Crippen LogP contribution in [0.4, 0.5) is 0 Å². The van der Waals surface area contributed by atoms with Gasteiger partial charge in [-0.15, -0.1) is 0 Å². The summed E-state index contributed by atoms with van der Waals surface area (Å²) in [6, 6.07) is 7.43. The number of aliphatic carboxylic acids is 1. The fraction of sp³-hybridized carbons (Fsp3) is 0.263. The standard InChI is InChI=1S/C19H15ClN2O3/c1-10-13(5-12(8-21)17(9-23)22-10)11-3-4-14(16(20)6-11)19(2)7-15(19)18(24)25/h3-6,15,22H,7H2,1-2H3,(H,24,25). The zero-order valence-corrected chi connectivity index (χ0v) is 14.4. The van der Waals surface area contributed by atoms with Crippen molar-refractivity contribution >= 4 is 29.1 Å². The largest absolute Gasteiger partial charge is 0.481 e. The number of rotatable bonds is 3. The van der Waals surface area contributed by atoms with Crippen LogP contribution in [-0.2, 0) is 15.0 Å². The van der Waals surface area contributed by atoms with Crippen LogP contribution in [0, 0.1) is 17.2 Å². The molecule has 1 saturated carbocycles. The summed E-state index contributed by atoms with van der Waals surface area (Å²) in [6.07, 6.45) is 2.19. The SMILES string of the molecule is CC1=C(c2ccc(C3(C)CC3C(=O)O)c(Cl)c2)C=C(C#N)C(=C=O)N1. The van der Waals surface area contributed by atoms with Crippen molar-refractivity contribution in [3.63, 3.8) is 0 Å². The number of nitrogens with zero attached hydrogens (tertiary/aromatic N) is 1. The molecule has 3 rings (SSSR count). The Morgan fingerprint density at radius 3 is 2.72 bits per heavy atom. The molecule has 25 heavy (non-hydrogen) atoms. The summed E-state index contributed by atoms with van der Waals surface area (Å²) in [4.78, 5) is 22.1. The lowest BCUT2D eigenvalue weighted by Gasteiger charge is -2.19. The van der Waals surface area contributed by atoms with Crippen LogP contribution in [0.1, 0.15) is 31.4 Å². The molecule has 0 spiro atoms. The predicted molar refractivity (Wildman–Crippen MR) is 93.2 cm³/mol. The van der Waals surface area contributed by atoms with Gasteiger partial charge in [-0.2, -0.15) is 5.26 Å². The Balaban J connectivity index is 2.00. The van der Waals surface area contributed by atoms with E-state index in [0.29, 0.717) is 17.1 Å². The van der Waals surface area contributed by atoms with Crippen LogP contribution >= 0.6 is 11.6 Å². The monoisotopic (exact) mass is 354 g/mol. The first-order valence-corrected chi connectivity index (χ1v) is 8.08. The second-order valence-corrected chi connectivity index (χ2v) is 6.92. The second-order valence-electron chi connectivity index (χ2n) is 6.52. The normalized spacial score (nSPS) is 24.8. The highest BCUT2D eigenvalue weighted by molar-refractivity contribution is 6.31. The highest BCUT2D eigenvalue weighted by atomic mass is 35.5. The van der Waals surface area contributed by atoms with Gasteiger partial charge in [0.1, 0.15) is 11.8 Å². The minimum absolute atomic E-state index is 0.112. The molecule has 0 bridgehead atoms. The number of halogens is 1. The lowest BCUT2D eigenvalue weighted by atomic mass is 9.91. The molecule has 0 amide bonds. The Hall–Kier alpha value is -2.80. The summed E-state index contributed by atoms with van der Waals surface area (Å²) < 4.78 is 0. The van der Waals surface area contributed by atoms with E-state index in [0.717, 1.165) is 16.7 Å². The molecule has 2 atom stereocenters. The molecule has 126 valence electrons. The van der Waals surface area contributed by atoms with Crippen molar-refractivity contribution in [2.24, 2.45) is 5.92 Å². The molecule has 1 aromatic rings. The molecule has 6 heteroatoms. The minimum Gasteiger partial charge on any atom is -0.481 e. The third kappa shape index (κ3) is 2.76. The highest BCUT2D eigenvalue weighted by Crippen LogP contribution is 2.56. The third-order valence-electron chi connectivity index (χ3n) is 4.93. The molecule has 5 nitrogen and oxygen atoms in total. The summed E-state index contributed by atoms with van der Waals surface area (Å²) in [6.45, 7) is 3.69. The van der Waals surface area contributed by atoms with Crippen molar-refractivity contribution in [1.29, 1.82) is 5.26 Å². The van der Waals surface area contributed by atoms with Crippen LogP contribution in [0.3, 0.4) is 0 Å². The maximum atomic E-state index is 11.2. The zero-order valence-electron chi connectivity index (χ0n) is 13.7. The number of nitriles is 1. The van der Waals surface area contributed by atoms with Gasteiger partial charge in [-0.25, -0.2) is 4.79 Å². The minimum atomic E-state index is -0.813. The van der Waals surface area contributed by atoms with Crippen LogP contribution in [0.5, 0.6) is 0 Å². The molecule has 0 radical (unpaired) electrons. The van der Waals surface area contributed by atoms with Gasteiger partial charge in [-0.05, 0) is 36.6 Å². The van der Waals surface area contributed by atoms with Crippen molar-refractivity contribution in [2.75, 3.05) is 0 Å². The number of carbonyl (C=O) groups is 1. The lowest BCUT2D eigenvalue weighted by Crippen LogP contribution is -2.18. The number of hydrogen-bond donors (Lipinski definition) is 2. The number of allylic oxidation sites excluding steroid dienone is 4. The molecule has 0 saturated heterocycles. The number of carbonyl (C=O) groups excluding carboxylic acids is 1. The van der Waals surface area contributed by atoms with Gasteiger partial charge < -0.3 is 10.4 Å². The Morgan fingerprint density at radius 2 is 2.20 bits per heavy atom. The Morgan fingerprint density at radius 1 is 1.48 bits per heavy atom. The van der Waals surface area contributed by atoms with Crippen LogP contribution in [0.2, 0.25) is 5.02 Å². The smallest absolute Gasteiger partial charge is 0.307 e. The summed E-state index contributed by atoms with van der Waals surface area (Å²) in [7, 11) is 0. The first-order chi connectivity index (χ1) is 11.8. The van der Waals surface area contributed by atoms with Gasteiger partial charge in [-0.3, -0.25) is 4.79 Å². The first kappa shape index (κ1) is 17.0. The maximum absolute atomic E-state index is 11.2. The highest BCUT2D eigenvalue weighted by Gasteiger charge is 2.56. The number of nitrogens with one attached hydrogen (secondary N) is 1. The Labute approximate surface area is 149 Å². The van der Waals surface area contributed by atoms with E-state index >= 15 is 0 Å². The van der Waals surface area contributed by atoms with Crippen molar-refractivity contribution in [3.05, 3.63) is 57.4 Å². The molecule has 1 aromatic carbocycles. The van der Waals surface area contributed by atoms with E-state index in [1.165, 1.54) is 0 Å². The molecule has 1 fully saturated rings. The molecule has 1 aliphatic heterocycles. The van der Waals surface area contributed by atoms with E-state index in [1.807, 2.05) is 25.1 Å². The molecular weight excluding hydrogens is 340 g/mol. The number of carboxylic acids is 1. The predicted octanol–water partition coefficient (Wildman–Crippen LogP) is 3.20. The van der Waals surface area contributed by atoms with Gasteiger partial charge in [0.05, 0.1) is 11.5 Å². The lowest BCUT2D eigenvalue weighted by molar-refractivity contribution is -0.138. The number of benzene rings is 1. The zero-order chi connectivity index (χ0) is 18.4. The molecule has 2 unspecified atom stereocenters. The van der Waals surface area contributed by atoms with E-state index < -0.39 is 17.3 Å². The Bertz CT molecular complexity index is 948. The van der Waals surface area contributed by atoms with Crippen molar-refractivity contribution in [2.45, 2.75) is 25.7 Å². The molecule has 2 N–H and O–H groups in total. The van der Waals surface area contributed by atoms with Gasteiger partial charge in [0.25, 0.3) is 0 Å². The molecule has 2 aliphatic rings. The third-order valence-corrected chi connectivity index (χ3v) is 5.24. The van der Waals surface area contributed by atoms with E-state index in [2.05, 4.69) is 5.32 Å². The van der Waals surface area contributed by atoms with E-state index in [-0.39, 0.29) is 11.3 Å². The van der Waals surface area contributed by atoms with Crippen LogP contribution in [0.15, 0.2) is 41.2 Å². The fourth-order valence-electron chi connectivity index (χ4n) is 3.28. The van der Waals surface area contributed by atoms with Gasteiger partial charge in [-0.1, -0.05) is 30.7 Å². The maximum Gasteiger partial charge on any atom is 0.307 e. The van der Waals surface area contributed by atoms with Gasteiger partial charge in [0.2, 0.25) is 0 Å². The fourth-order valence-corrected chi connectivity index (χ4v) is 3.68. The van der Waals surface area contributed by atoms with E-state index in [9.17, 15) is 20.0 Å². The van der Waals surface area contributed by atoms with Gasteiger partial charge in [0.15, 0.2) is 5.94 Å². The van der Waals surface area contributed by atoms with Gasteiger partial charge in [0, 0.05) is 21.7 Å². The topological polar surface area (TPSA) is 90.2 Å². The molecule has 1 aliphatic carbocycles. The van der Waals surface area contributed by atoms with Crippen molar-refractivity contribution < 1.29 is 14.7 Å². The van der Waals surface area contributed by atoms with E-state index in [1.54, 1.807) is 25.0 Å². The van der Waals surface area contributed by atoms with Crippen molar-refractivity contribution in [1.82, 2.24) is 5.32 Å². The first-order valence-electron chi connectivity index (χ1n) is 7.70. The number of hydrogen-bond acceptors (Lipinski definition) is 4. The van der Waals surface area contributed by atoms with Gasteiger partial charge >= 0.3 is 5.97 Å². The molecule has 0 aromatic heterocycles. The summed E-state index contributed by atoms with van der Waals surface area (Å²) in [5.41, 5.74) is 2.92. The quantitative estimate of drug-likeness (QED) is 0.813. The summed E-state index contributed by atoms with van der Waals surface area (Å²) >= 11 is 6.43. The second kappa shape index (κ2) is 5.93. The van der Waals surface area contributed by atoms with E-state index in [4.69, 9.17) is 11.6 Å². The van der Waals surface area contributed by atoms with Crippen LogP contribution in [0.25, 0.3) is 5.57 Å². The van der Waals surface area contributed by atoms with Crippen LogP contribution in [-0.4, -0.2) is 17.0 Å². The summed E-state index contributed by atoms with van der Waals surface area (Å²) in [5, 5.41) is 21.8. The average molecular weight is 355 g/mol. The molecule has 1 heterocycles. The number of carboxylic acid groups (broad SMARTS) is 1. The summed E-state index contributed by atoms with van der Waals surface area (Å²) in [5.74, 6) is 0.490. The average Bonchev–Trinajstić information content (AvgIpc) is 3.27.